The minimum Gasteiger partial charge on any atom is -0.490 e. The Morgan fingerprint density at radius 3 is 2.19 bits per heavy atom. The maximum atomic E-state index is 12.3. The topological polar surface area (TPSA) is 79.9 Å². The third-order valence-corrected chi connectivity index (χ3v) is 4.50. The summed E-state index contributed by atoms with van der Waals surface area (Å²) in [7, 11) is 3.39. The Morgan fingerprint density at radius 2 is 1.47 bits per heavy atom. The molecule has 166 valence electrons. The lowest BCUT2D eigenvalue weighted by atomic mass is 10.2. The van der Waals surface area contributed by atoms with Crippen LogP contribution in [0.5, 0.6) is 11.5 Å². The molecular weight excluding hydrogens is 406 g/mol. The molecule has 7 nitrogen and oxygen atoms in total. The zero-order valence-electron chi connectivity index (χ0n) is 18.2. The summed E-state index contributed by atoms with van der Waals surface area (Å²) < 4.78 is 11.4. The van der Waals surface area contributed by atoms with Gasteiger partial charge in [-0.15, -0.1) is 0 Å². The van der Waals surface area contributed by atoms with Crippen molar-refractivity contribution in [2.24, 2.45) is 0 Å². The Bertz CT molecular complexity index is 1020. The van der Waals surface area contributed by atoms with Gasteiger partial charge in [0.2, 0.25) is 5.91 Å². The normalized spacial score (nSPS) is 10.2. The molecule has 0 aromatic heterocycles. The quantitative estimate of drug-likeness (QED) is 0.474. The van der Waals surface area contributed by atoms with Crippen molar-refractivity contribution in [2.75, 3.05) is 44.5 Å². The van der Waals surface area contributed by atoms with Gasteiger partial charge in [0, 0.05) is 25.3 Å². The molecule has 0 bridgehead atoms. The van der Waals surface area contributed by atoms with Crippen molar-refractivity contribution < 1.29 is 19.1 Å². The number of nitrogens with one attached hydrogen (secondary N) is 2. The molecule has 0 spiro atoms. The van der Waals surface area contributed by atoms with Crippen LogP contribution in [-0.4, -0.2) is 50.6 Å². The molecule has 0 aliphatic heterocycles. The van der Waals surface area contributed by atoms with Crippen molar-refractivity contribution in [1.29, 1.82) is 0 Å². The molecule has 0 aliphatic rings. The van der Waals surface area contributed by atoms with Gasteiger partial charge >= 0.3 is 0 Å². The van der Waals surface area contributed by atoms with E-state index < -0.39 is 0 Å². The van der Waals surface area contributed by atoms with Crippen molar-refractivity contribution in [3.63, 3.8) is 0 Å². The number of benzene rings is 3. The van der Waals surface area contributed by atoms with E-state index in [1.807, 2.05) is 54.6 Å². The third kappa shape index (κ3) is 6.77. The third-order valence-electron chi connectivity index (χ3n) is 4.50. The van der Waals surface area contributed by atoms with E-state index in [0.717, 1.165) is 5.75 Å². The number of ether oxygens (including phenoxy) is 2. The van der Waals surface area contributed by atoms with Gasteiger partial charge in [0.25, 0.3) is 5.91 Å². The first-order chi connectivity index (χ1) is 15.5. The number of hydrogen-bond acceptors (Lipinski definition) is 5. The minimum atomic E-state index is -0.209. The van der Waals surface area contributed by atoms with Crippen molar-refractivity contribution >= 4 is 23.2 Å². The number of carbonyl (C=O) groups is 2. The fourth-order valence-corrected chi connectivity index (χ4v) is 2.90. The van der Waals surface area contributed by atoms with Crippen LogP contribution in [-0.2, 0) is 4.79 Å². The van der Waals surface area contributed by atoms with Crippen molar-refractivity contribution in [3.05, 3.63) is 84.4 Å². The predicted octanol–water partition coefficient (Wildman–Crippen LogP) is 3.90. The van der Waals surface area contributed by atoms with Crippen LogP contribution in [0, 0.1) is 0 Å². The summed E-state index contributed by atoms with van der Waals surface area (Å²) >= 11 is 0. The Hall–Kier alpha value is -4.00. The van der Waals surface area contributed by atoms with E-state index in [2.05, 4.69) is 10.6 Å². The van der Waals surface area contributed by atoms with Crippen LogP contribution in [0.3, 0.4) is 0 Å². The molecule has 0 aliphatic carbocycles. The molecule has 0 heterocycles. The summed E-state index contributed by atoms with van der Waals surface area (Å²) in [5.74, 6) is 1.14. The number of hydrogen-bond donors (Lipinski definition) is 2. The summed E-state index contributed by atoms with van der Waals surface area (Å²) in [5, 5.41) is 5.91. The van der Waals surface area contributed by atoms with E-state index >= 15 is 0 Å². The molecule has 0 atom stereocenters. The van der Waals surface area contributed by atoms with E-state index in [4.69, 9.17) is 9.47 Å². The van der Waals surface area contributed by atoms with Gasteiger partial charge in [0.15, 0.2) is 0 Å². The molecule has 0 saturated heterocycles. The summed E-state index contributed by atoms with van der Waals surface area (Å²) in [6.07, 6.45) is 0. The molecule has 3 aromatic rings. The predicted molar refractivity (Wildman–Crippen MR) is 125 cm³/mol. The summed E-state index contributed by atoms with van der Waals surface area (Å²) in [6, 6.07) is 23.8. The second kappa shape index (κ2) is 11.4. The SMILES string of the molecule is CN(C)C(=O)c1ccc(NC(=O)CNc2ccccc2OCCOc2ccccc2)cc1. The van der Waals surface area contributed by atoms with Gasteiger partial charge in [-0.25, -0.2) is 0 Å². The number of amides is 2. The zero-order chi connectivity index (χ0) is 22.8. The number of anilines is 2. The molecular formula is C25H27N3O4. The highest BCUT2D eigenvalue weighted by Crippen LogP contribution is 2.23. The minimum absolute atomic E-state index is 0.0687. The van der Waals surface area contributed by atoms with Crippen LogP contribution in [0.4, 0.5) is 11.4 Å². The van der Waals surface area contributed by atoms with Crippen LogP contribution < -0.4 is 20.1 Å². The van der Waals surface area contributed by atoms with Gasteiger partial charge in [-0.1, -0.05) is 30.3 Å². The molecule has 0 fully saturated rings. The van der Waals surface area contributed by atoms with Gasteiger partial charge in [-0.2, -0.15) is 0 Å². The molecule has 2 N–H and O–H groups in total. The number of nitrogens with zero attached hydrogens (tertiary/aromatic N) is 1. The van der Waals surface area contributed by atoms with E-state index in [1.54, 1.807) is 38.4 Å². The van der Waals surface area contributed by atoms with E-state index in [0.29, 0.717) is 35.9 Å². The highest BCUT2D eigenvalue weighted by atomic mass is 16.5. The smallest absolute Gasteiger partial charge is 0.253 e. The summed E-state index contributed by atoms with van der Waals surface area (Å²) in [4.78, 5) is 25.8. The molecule has 0 saturated carbocycles. The van der Waals surface area contributed by atoms with Crippen molar-refractivity contribution in [1.82, 2.24) is 4.90 Å². The van der Waals surface area contributed by atoms with E-state index in [-0.39, 0.29) is 18.4 Å². The zero-order valence-corrected chi connectivity index (χ0v) is 18.2. The van der Waals surface area contributed by atoms with Crippen LogP contribution in [0.2, 0.25) is 0 Å². The van der Waals surface area contributed by atoms with E-state index in [9.17, 15) is 9.59 Å². The molecule has 2 amide bonds. The standard InChI is InChI=1S/C25H27N3O4/c1-28(2)25(30)19-12-14-20(15-13-19)27-24(29)18-26-22-10-6-7-11-23(22)32-17-16-31-21-8-4-3-5-9-21/h3-15,26H,16-18H2,1-2H3,(H,27,29). The average molecular weight is 434 g/mol. The first-order valence-corrected chi connectivity index (χ1v) is 10.3. The number of rotatable bonds is 10. The number of carbonyl (C=O) groups excluding carboxylic acids is 2. The Kier molecular flexibility index (Phi) is 8.09. The largest absolute Gasteiger partial charge is 0.490 e. The maximum Gasteiger partial charge on any atom is 0.253 e. The Balaban J connectivity index is 1.46. The molecule has 3 aromatic carbocycles. The molecule has 32 heavy (non-hydrogen) atoms. The van der Waals surface area contributed by atoms with Gasteiger partial charge < -0.3 is 25.0 Å². The highest BCUT2D eigenvalue weighted by molar-refractivity contribution is 5.96. The summed E-state index contributed by atoms with van der Waals surface area (Å²) in [6.45, 7) is 0.849. The van der Waals surface area contributed by atoms with Crippen LogP contribution in [0.25, 0.3) is 0 Å². The van der Waals surface area contributed by atoms with Crippen molar-refractivity contribution in [2.45, 2.75) is 0 Å². The molecule has 7 heteroatoms. The first-order valence-electron chi connectivity index (χ1n) is 10.3. The van der Waals surface area contributed by atoms with Crippen LogP contribution in [0.15, 0.2) is 78.9 Å². The van der Waals surface area contributed by atoms with Gasteiger partial charge in [0.05, 0.1) is 12.2 Å². The van der Waals surface area contributed by atoms with Crippen molar-refractivity contribution in [3.8, 4) is 11.5 Å². The molecule has 0 radical (unpaired) electrons. The van der Waals surface area contributed by atoms with Gasteiger partial charge in [-0.3, -0.25) is 9.59 Å². The van der Waals surface area contributed by atoms with Gasteiger partial charge in [-0.05, 0) is 48.5 Å². The lowest BCUT2D eigenvalue weighted by Gasteiger charge is -2.14. The molecule has 3 rings (SSSR count). The summed E-state index contributed by atoms with van der Waals surface area (Å²) in [5.41, 5.74) is 1.90. The average Bonchev–Trinajstić information content (AvgIpc) is 2.82. The first kappa shape index (κ1) is 22.7. The second-order valence-corrected chi connectivity index (χ2v) is 7.18. The monoisotopic (exact) mass is 433 g/mol. The lowest BCUT2D eigenvalue weighted by molar-refractivity contribution is -0.114. The van der Waals surface area contributed by atoms with E-state index in [1.165, 1.54) is 4.90 Å². The Morgan fingerprint density at radius 1 is 0.812 bits per heavy atom. The fraction of sp³-hybridized carbons (Fsp3) is 0.200. The number of para-hydroxylation sites is 3. The van der Waals surface area contributed by atoms with Crippen LogP contribution >= 0.6 is 0 Å². The lowest BCUT2D eigenvalue weighted by Crippen LogP contribution is -2.23. The van der Waals surface area contributed by atoms with Crippen LogP contribution in [0.1, 0.15) is 10.4 Å². The molecule has 0 unspecified atom stereocenters. The fourth-order valence-electron chi connectivity index (χ4n) is 2.90. The second-order valence-electron chi connectivity index (χ2n) is 7.18. The maximum absolute atomic E-state index is 12.3. The highest BCUT2D eigenvalue weighted by Gasteiger charge is 2.09. The Labute approximate surface area is 188 Å². The van der Waals surface area contributed by atoms with Gasteiger partial charge in [0.1, 0.15) is 24.7 Å².